The molecular formula is C9H15NO2. The van der Waals surface area contributed by atoms with E-state index in [9.17, 15) is 4.79 Å². The van der Waals surface area contributed by atoms with Gasteiger partial charge in [0.2, 0.25) is 0 Å². The summed E-state index contributed by atoms with van der Waals surface area (Å²) >= 11 is 0. The first-order valence-corrected chi connectivity index (χ1v) is 4.24. The van der Waals surface area contributed by atoms with Crippen molar-refractivity contribution in [1.82, 2.24) is 5.32 Å². The van der Waals surface area contributed by atoms with E-state index in [4.69, 9.17) is 0 Å². The van der Waals surface area contributed by atoms with Gasteiger partial charge in [0.15, 0.2) is 0 Å². The molecule has 0 aromatic heterocycles. The van der Waals surface area contributed by atoms with Crippen molar-refractivity contribution in [2.45, 2.75) is 31.8 Å². The Morgan fingerprint density at radius 1 is 1.58 bits per heavy atom. The molecule has 3 heteroatoms. The average molecular weight is 169 g/mol. The number of hydrogen-bond acceptors (Lipinski definition) is 3. The molecule has 1 aliphatic heterocycles. The van der Waals surface area contributed by atoms with Crippen molar-refractivity contribution in [1.29, 1.82) is 0 Å². The molecule has 3 nitrogen and oxygen atoms in total. The van der Waals surface area contributed by atoms with Crippen LogP contribution in [0.5, 0.6) is 0 Å². The molecule has 1 N–H and O–H groups in total. The highest BCUT2D eigenvalue weighted by atomic mass is 16.5. The van der Waals surface area contributed by atoms with Gasteiger partial charge in [-0.05, 0) is 19.8 Å². The number of nitrogens with one attached hydrogen (secondary N) is 1. The van der Waals surface area contributed by atoms with Gasteiger partial charge in [-0.2, -0.15) is 0 Å². The summed E-state index contributed by atoms with van der Waals surface area (Å²) in [6, 6.07) is 0.246. The third-order valence-electron chi connectivity index (χ3n) is 2.09. The normalized spacial score (nSPS) is 29.5. The lowest BCUT2D eigenvalue weighted by Crippen LogP contribution is -2.35. The number of carbonyl (C=O) groups is 1. The van der Waals surface area contributed by atoms with Crippen LogP contribution in [0.15, 0.2) is 12.2 Å². The molecule has 0 amide bonds. The molecule has 0 radical (unpaired) electrons. The molecule has 0 aromatic rings. The molecule has 68 valence electrons. The van der Waals surface area contributed by atoms with E-state index in [1.165, 1.54) is 7.11 Å². The van der Waals surface area contributed by atoms with Crippen LogP contribution in [0, 0.1) is 0 Å². The minimum Gasteiger partial charge on any atom is -0.468 e. The number of carbonyl (C=O) groups excluding carboxylic acids is 1. The van der Waals surface area contributed by atoms with Crippen LogP contribution in [0.4, 0.5) is 0 Å². The lowest BCUT2D eigenvalue weighted by molar-refractivity contribution is -0.142. The van der Waals surface area contributed by atoms with Crippen LogP contribution < -0.4 is 5.32 Å². The van der Waals surface area contributed by atoms with E-state index in [-0.39, 0.29) is 12.0 Å². The minimum atomic E-state index is -0.151. The molecule has 1 saturated heterocycles. The number of rotatable bonds is 2. The van der Waals surface area contributed by atoms with E-state index in [0.29, 0.717) is 6.04 Å². The van der Waals surface area contributed by atoms with Crippen molar-refractivity contribution in [2.75, 3.05) is 7.11 Å². The monoisotopic (exact) mass is 169 g/mol. The predicted octanol–water partition coefficient (Wildman–Crippen LogP) is 0.856. The van der Waals surface area contributed by atoms with E-state index >= 15 is 0 Å². The average Bonchev–Trinajstić information content (AvgIpc) is 2.52. The zero-order valence-corrected chi connectivity index (χ0v) is 7.54. The number of methoxy groups -OCH3 is 1. The fourth-order valence-corrected chi connectivity index (χ4v) is 1.48. The van der Waals surface area contributed by atoms with Crippen molar-refractivity contribution in [2.24, 2.45) is 0 Å². The largest absolute Gasteiger partial charge is 0.468 e. The van der Waals surface area contributed by atoms with Gasteiger partial charge < -0.3 is 4.74 Å². The summed E-state index contributed by atoms with van der Waals surface area (Å²) in [6.07, 6.45) is 5.96. The number of hydrogen-bond donors (Lipinski definition) is 1. The molecule has 2 atom stereocenters. The molecule has 1 rings (SSSR count). The highest BCUT2D eigenvalue weighted by Gasteiger charge is 2.27. The molecule has 2 unspecified atom stereocenters. The van der Waals surface area contributed by atoms with E-state index in [1.54, 1.807) is 0 Å². The molecule has 0 aromatic carbocycles. The summed E-state index contributed by atoms with van der Waals surface area (Å²) in [4.78, 5) is 11.1. The molecule has 0 bridgehead atoms. The number of esters is 1. The summed E-state index contributed by atoms with van der Waals surface area (Å²) in [5.41, 5.74) is 0. The highest BCUT2D eigenvalue weighted by Crippen LogP contribution is 2.13. The molecule has 12 heavy (non-hydrogen) atoms. The van der Waals surface area contributed by atoms with E-state index < -0.39 is 0 Å². The maximum Gasteiger partial charge on any atom is 0.322 e. The van der Waals surface area contributed by atoms with Crippen LogP contribution in [-0.2, 0) is 9.53 Å². The van der Waals surface area contributed by atoms with Gasteiger partial charge in [0.25, 0.3) is 0 Å². The maximum absolute atomic E-state index is 11.1. The Kier molecular flexibility index (Phi) is 3.29. The highest BCUT2D eigenvalue weighted by molar-refractivity contribution is 5.76. The van der Waals surface area contributed by atoms with Crippen LogP contribution in [0.2, 0.25) is 0 Å². The zero-order chi connectivity index (χ0) is 8.97. The summed E-state index contributed by atoms with van der Waals surface area (Å²) in [5, 5.41) is 3.18. The molecular weight excluding hydrogens is 154 g/mol. The fourth-order valence-electron chi connectivity index (χ4n) is 1.48. The van der Waals surface area contributed by atoms with Gasteiger partial charge in [-0.15, -0.1) is 0 Å². The Labute approximate surface area is 72.8 Å². The summed E-state index contributed by atoms with van der Waals surface area (Å²) in [7, 11) is 1.42. The first-order chi connectivity index (χ1) is 5.77. The van der Waals surface area contributed by atoms with Crippen molar-refractivity contribution in [3.05, 3.63) is 12.2 Å². The fraction of sp³-hybridized carbons (Fsp3) is 0.667. The maximum atomic E-state index is 11.1. The van der Waals surface area contributed by atoms with Gasteiger partial charge in [0.05, 0.1) is 7.11 Å². The molecule has 1 aliphatic rings. The molecule has 1 heterocycles. The number of ether oxygens (including phenoxy) is 1. The lowest BCUT2D eigenvalue weighted by atomic mass is 10.2. The topological polar surface area (TPSA) is 38.3 Å². The standard InChI is InChI=1S/C9H15NO2/c1-3-4-7-5-6-8(10-7)9(11)12-2/h3-4,7-8,10H,5-6H2,1-2H3. The second kappa shape index (κ2) is 4.26. The molecule has 0 spiro atoms. The Morgan fingerprint density at radius 3 is 2.92 bits per heavy atom. The summed E-state index contributed by atoms with van der Waals surface area (Å²) < 4.78 is 4.64. The molecule has 1 fully saturated rings. The Balaban J connectivity index is 2.40. The van der Waals surface area contributed by atoms with Crippen LogP contribution in [0.1, 0.15) is 19.8 Å². The van der Waals surface area contributed by atoms with Crippen molar-refractivity contribution in [3.63, 3.8) is 0 Å². The third-order valence-corrected chi connectivity index (χ3v) is 2.09. The quantitative estimate of drug-likeness (QED) is 0.492. The van der Waals surface area contributed by atoms with Crippen molar-refractivity contribution < 1.29 is 9.53 Å². The predicted molar refractivity (Wildman–Crippen MR) is 46.8 cm³/mol. The second-order valence-electron chi connectivity index (χ2n) is 2.95. The Morgan fingerprint density at radius 2 is 2.33 bits per heavy atom. The van der Waals surface area contributed by atoms with Crippen LogP contribution in [0.3, 0.4) is 0 Å². The molecule has 0 aliphatic carbocycles. The zero-order valence-electron chi connectivity index (χ0n) is 7.54. The van der Waals surface area contributed by atoms with Crippen molar-refractivity contribution in [3.8, 4) is 0 Å². The second-order valence-corrected chi connectivity index (χ2v) is 2.95. The summed E-state index contributed by atoms with van der Waals surface area (Å²) in [5.74, 6) is -0.151. The first-order valence-electron chi connectivity index (χ1n) is 4.24. The van der Waals surface area contributed by atoms with Gasteiger partial charge in [-0.3, -0.25) is 10.1 Å². The summed E-state index contributed by atoms with van der Waals surface area (Å²) in [6.45, 7) is 1.98. The first kappa shape index (κ1) is 9.26. The Hall–Kier alpha value is -0.830. The third kappa shape index (κ3) is 2.08. The van der Waals surface area contributed by atoms with E-state index in [1.807, 2.05) is 13.0 Å². The van der Waals surface area contributed by atoms with Crippen LogP contribution in [-0.4, -0.2) is 25.2 Å². The van der Waals surface area contributed by atoms with Gasteiger partial charge in [-0.25, -0.2) is 0 Å². The van der Waals surface area contributed by atoms with E-state index in [0.717, 1.165) is 12.8 Å². The van der Waals surface area contributed by atoms with Crippen molar-refractivity contribution >= 4 is 5.97 Å². The van der Waals surface area contributed by atoms with Gasteiger partial charge in [0.1, 0.15) is 6.04 Å². The van der Waals surface area contributed by atoms with Crippen LogP contribution >= 0.6 is 0 Å². The SMILES string of the molecule is CC=CC1CCC(C(=O)OC)N1. The minimum absolute atomic E-state index is 0.101. The van der Waals surface area contributed by atoms with E-state index in [2.05, 4.69) is 16.1 Å². The van der Waals surface area contributed by atoms with Gasteiger partial charge in [-0.1, -0.05) is 12.2 Å². The Bertz CT molecular complexity index is 189. The lowest BCUT2D eigenvalue weighted by Gasteiger charge is -2.08. The smallest absolute Gasteiger partial charge is 0.322 e. The van der Waals surface area contributed by atoms with Gasteiger partial charge >= 0.3 is 5.97 Å². The van der Waals surface area contributed by atoms with Gasteiger partial charge in [0, 0.05) is 6.04 Å². The van der Waals surface area contributed by atoms with Crippen LogP contribution in [0.25, 0.3) is 0 Å². The molecule has 0 saturated carbocycles. The number of allylic oxidation sites excluding steroid dienone is 1.